The van der Waals surface area contributed by atoms with Gasteiger partial charge in [-0.1, -0.05) is 12.1 Å². The second kappa shape index (κ2) is 7.84. The molecule has 0 spiro atoms. The lowest BCUT2D eigenvalue weighted by atomic mass is 10.1. The molecule has 118 valence electrons. The van der Waals surface area contributed by atoms with Gasteiger partial charge in [0, 0.05) is 32.7 Å². The van der Waals surface area contributed by atoms with Crippen molar-refractivity contribution in [2.24, 2.45) is 0 Å². The summed E-state index contributed by atoms with van der Waals surface area (Å²) in [5.74, 6) is -0.172. The van der Waals surface area contributed by atoms with Crippen molar-refractivity contribution < 1.29 is 14.2 Å². The SMILES string of the molecule is Cc1cc(CN(C)CC(O)CN2CCOCC2)ccc1F. The number of hydrogen-bond donors (Lipinski definition) is 1. The summed E-state index contributed by atoms with van der Waals surface area (Å²) in [7, 11) is 1.97. The van der Waals surface area contributed by atoms with Gasteiger partial charge in [0.1, 0.15) is 5.82 Å². The van der Waals surface area contributed by atoms with Crippen LogP contribution in [0.2, 0.25) is 0 Å². The Kier molecular flexibility index (Phi) is 6.11. The van der Waals surface area contributed by atoms with Crippen LogP contribution < -0.4 is 0 Å². The van der Waals surface area contributed by atoms with Gasteiger partial charge in [-0.25, -0.2) is 4.39 Å². The summed E-state index contributed by atoms with van der Waals surface area (Å²) in [5.41, 5.74) is 1.73. The van der Waals surface area contributed by atoms with Gasteiger partial charge >= 0.3 is 0 Å². The molecule has 1 unspecified atom stereocenters. The summed E-state index contributed by atoms with van der Waals surface area (Å²) < 4.78 is 18.5. The minimum Gasteiger partial charge on any atom is -0.390 e. The van der Waals surface area contributed by atoms with Gasteiger partial charge in [-0.2, -0.15) is 0 Å². The maximum absolute atomic E-state index is 13.2. The number of rotatable bonds is 6. The van der Waals surface area contributed by atoms with E-state index in [0.717, 1.165) is 31.9 Å². The Morgan fingerprint density at radius 2 is 2.10 bits per heavy atom. The molecule has 2 rings (SSSR count). The van der Waals surface area contributed by atoms with Crippen molar-refractivity contribution in [2.45, 2.75) is 19.6 Å². The third kappa shape index (κ3) is 5.36. The maximum Gasteiger partial charge on any atom is 0.126 e. The summed E-state index contributed by atoms with van der Waals surface area (Å²) >= 11 is 0. The van der Waals surface area contributed by atoms with Gasteiger partial charge in [-0.3, -0.25) is 9.80 Å². The minimum absolute atomic E-state index is 0.172. The topological polar surface area (TPSA) is 35.9 Å². The molecule has 4 nitrogen and oxygen atoms in total. The zero-order chi connectivity index (χ0) is 15.2. The fourth-order valence-electron chi connectivity index (χ4n) is 2.68. The highest BCUT2D eigenvalue weighted by molar-refractivity contribution is 5.23. The molecule has 0 amide bonds. The van der Waals surface area contributed by atoms with Gasteiger partial charge < -0.3 is 9.84 Å². The van der Waals surface area contributed by atoms with Crippen LogP contribution in [-0.4, -0.2) is 67.5 Å². The quantitative estimate of drug-likeness (QED) is 0.857. The van der Waals surface area contributed by atoms with Crippen LogP contribution in [0.1, 0.15) is 11.1 Å². The Hall–Kier alpha value is -1.01. The highest BCUT2D eigenvalue weighted by Gasteiger charge is 2.16. The van der Waals surface area contributed by atoms with Crippen LogP contribution in [0.3, 0.4) is 0 Å². The molecular weight excluding hydrogens is 271 g/mol. The minimum atomic E-state index is -0.380. The van der Waals surface area contributed by atoms with Gasteiger partial charge in [-0.15, -0.1) is 0 Å². The van der Waals surface area contributed by atoms with E-state index in [4.69, 9.17) is 4.74 Å². The van der Waals surface area contributed by atoms with E-state index in [1.165, 1.54) is 6.07 Å². The molecule has 1 fully saturated rings. The Morgan fingerprint density at radius 3 is 2.76 bits per heavy atom. The molecule has 21 heavy (non-hydrogen) atoms. The number of halogens is 1. The molecule has 0 saturated carbocycles. The average Bonchev–Trinajstić information content (AvgIpc) is 2.43. The van der Waals surface area contributed by atoms with Gasteiger partial charge in [0.2, 0.25) is 0 Å². The van der Waals surface area contributed by atoms with Crippen molar-refractivity contribution in [1.82, 2.24) is 9.80 Å². The van der Waals surface area contributed by atoms with Crippen molar-refractivity contribution in [3.8, 4) is 0 Å². The second-order valence-corrected chi connectivity index (χ2v) is 5.85. The van der Waals surface area contributed by atoms with E-state index in [9.17, 15) is 9.50 Å². The van der Waals surface area contributed by atoms with E-state index in [1.54, 1.807) is 13.0 Å². The lowest BCUT2D eigenvalue weighted by Gasteiger charge is -2.30. The molecule has 0 aliphatic carbocycles. The second-order valence-electron chi connectivity index (χ2n) is 5.85. The molecule has 0 aromatic heterocycles. The molecule has 1 aliphatic heterocycles. The van der Waals surface area contributed by atoms with Gasteiger partial charge in [0.05, 0.1) is 19.3 Å². The molecule has 5 heteroatoms. The molecule has 0 bridgehead atoms. The number of benzene rings is 1. The number of aliphatic hydroxyl groups excluding tert-OH is 1. The number of nitrogens with zero attached hydrogens (tertiary/aromatic N) is 2. The van der Waals surface area contributed by atoms with E-state index < -0.39 is 0 Å². The summed E-state index contributed by atoms with van der Waals surface area (Å²) in [6.07, 6.45) is -0.380. The smallest absolute Gasteiger partial charge is 0.126 e. The van der Waals surface area contributed by atoms with Crippen molar-refractivity contribution >= 4 is 0 Å². The first-order valence-electron chi connectivity index (χ1n) is 7.46. The first-order chi connectivity index (χ1) is 10.0. The highest BCUT2D eigenvalue weighted by Crippen LogP contribution is 2.11. The highest BCUT2D eigenvalue weighted by atomic mass is 19.1. The molecule has 1 N–H and O–H groups in total. The third-order valence-corrected chi connectivity index (χ3v) is 3.77. The van der Waals surface area contributed by atoms with E-state index in [0.29, 0.717) is 25.2 Å². The van der Waals surface area contributed by atoms with E-state index >= 15 is 0 Å². The van der Waals surface area contributed by atoms with Crippen molar-refractivity contribution in [3.05, 3.63) is 35.1 Å². The number of ether oxygens (including phenoxy) is 1. The Bertz CT molecular complexity index is 450. The molecule has 1 saturated heterocycles. The zero-order valence-electron chi connectivity index (χ0n) is 12.9. The predicted molar refractivity (Wildman–Crippen MR) is 80.7 cm³/mol. The van der Waals surface area contributed by atoms with Crippen LogP contribution in [0.5, 0.6) is 0 Å². The summed E-state index contributed by atoms with van der Waals surface area (Å²) in [6.45, 7) is 7.03. The van der Waals surface area contributed by atoms with Crippen LogP contribution >= 0.6 is 0 Å². The fraction of sp³-hybridized carbons (Fsp3) is 0.625. The summed E-state index contributed by atoms with van der Waals surface area (Å²) in [5, 5.41) is 10.2. The van der Waals surface area contributed by atoms with Crippen LogP contribution in [0, 0.1) is 12.7 Å². The van der Waals surface area contributed by atoms with Gasteiger partial charge in [-0.05, 0) is 31.2 Å². The maximum atomic E-state index is 13.2. The standard InChI is InChI=1S/C16H25FN2O2/c1-13-9-14(3-4-16(13)17)10-18(2)11-15(20)12-19-5-7-21-8-6-19/h3-4,9,15,20H,5-8,10-12H2,1-2H3. The third-order valence-electron chi connectivity index (χ3n) is 3.77. The van der Waals surface area contributed by atoms with Gasteiger partial charge in [0.15, 0.2) is 0 Å². The summed E-state index contributed by atoms with van der Waals surface area (Å²) in [6, 6.07) is 5.16. The van der Waals surface area contributed by atoms with E-state index in [2.05, 4.69) is 9.80 Å². The zero-order valence-corrected chi connectivity index (χ0v) is 12.9. The normalized spacial score (nSPS) is 18.1. The predicted octanol–water partition coefficient (Wildman–Crippen LogP) is 1.26. The molecule has 1 aliphatic rings. The molecular formula is C16H25FN2O2. The number of aliphatic hydroxyl groups is 1. The Morgan fingerprint density at radius 1 is 1.38 bits per heavy atom. The largest absolute Gasteiger partial charge is 0.390 e. The number of hydrogen-bond acceptors (Lipinski definition) is 4. The van der Waals surface area contributed by atoms with Crippen molar-refractivity contribution in [3.63, 3.8) is 0 Å². The van der Waals surface area contributed by atoms with Crippen LogP contribution in [0.15, 0.2) is 18.2 Å². The lowest BCUT2D eigenvalue weighted by Crippen LogP contribution is -2.43. The van der Waals surface area contributed by atoms with Gasteiger partial charge in [0.25, 0.3) is 0 Å². The van der Waals surface area contributed by atoms with E-state index in [-0.39, 0.29) is 11.9 Å². The molecule has 1 aromatic carbocycles. The number of likely N-dealkylation sites (N-methyl/N-ethyl adjacent to an activating group) is 1. The van der Waals surface area contributed by atoms with Crippen molar-refractivity contribution in [2.75, 3.05) is 46.4 Å². The first kappa shape index (κ1) is 16.4. The van der Waals surface area contributed by atoms with Crippen LogP contribution in [0.4, 0.5) is 4.39 Å². The number of aryl methyl sites for hydroxylation is 1. The lowest BCUT2D eigenvalue weighted by molar-refractivity contribution is 0.00825. The number of morpholine rings is 1. The monoisotopic (exact) mass is 296 g/mol. The van der Waals surface area contributed by atoms with Crippen molar-refractivity contribution in [1.29, 1.82) is 0 Å². The molecule has 0 radical (unpaired) electrons. The average molecular weight is 296 g/mol. The molecule has 1 atom stereocenters. The molecule has 1 aromatic rings. The fourth-order valence-corrected chi connectivity index (χ4v) is 2.68. The first-order valence-corrected chi connectivity index (χ1v) is 7.46. The Balaban J connectivity index is 1.77. The Labute approximate surface area is 126 Å². The van der Waals surface area contributed by atoms with E-state index in [1.807, 2.05) is 13.1 Å². The van der Waals surface area contributed by atoms with Crippen LogP contribution in [-0.2, 0) is 11.3 Å². The summed E-state index contributed by atoms with van der Waals surface area (Å²) in [4.78, 5) is 4.29. The number of β-amino-alcohol motifs (C(OH)–C–C–N with tert-alkyl or cyclic N) is 1. The molecule has 1 heterocycles. The van der Waals surface area contributed by atoms with Crippen LogP contribution in [0.25, 0.3) is 0 Å².